The second-order valence-electron chi connectivity index (χ2n) is 5.64. The molecule has 2 atom stereocenters. The van der Waals surface area contributed by atoms with Crippen molar-refractivity contribution in [2.24, 2.45) is 0 Å². The van der Waals surface area contributed by atoms with Crippen molar-refractivity contribution in [1.29, 1.82) is 0 Å². The largest absolute Gasteiger partial charge is 0.394 e. The van der Waals surface area contributed by atoms with Gasteiger partial charge in [-0.2, -0.15) is 0 Å². The summed E-state index contributed by atoms with van der Waals surface area (Å²) < 4.78 is 11.4. The van der Waals surface area contributed by atoms with Crippen molar-refractivity contribution in [1.82, 2.24) is 5.32 Å². The van der Waals surface area contributed by atoms with E-state index in [-0.39, 0.29) is 18.8 Å². The maximum atomic E-state index is 9.27. The van der Waals surface area contributed by atoms with Crippen LogP contribution >= 0.6 is 0 Å². The Balaban J connectivity index is 1.77. The zero-order valence-corrected chi connectivity index (χ0v) is 10.9. The summed E-state index contributed by atoms with van der Waals surface area (Å²) in [5, 5.41) is 12.8. The molecule has 1 aliphatic heterocycles. The van der Waals surface area contributed by atoms with Crippen LogP contribution in [0.4, 0.5) is 0 Å². The van der Waals surface area contributed by atoms with Gasteiger partial charge in [-0.15, -0.1) is 0 Å². The molecule has 0 unspecified atom stereocenters. The smallest absolute Gasteiger partial charge is 0.163 e. The molecule has 100 valence electrons. The molecule has 0 aromatic carbocycles. The third-order valence-electron chi connectivity index (χ3n) is 3.68. The standard InChI is InChI=1S/C13H25NO3/c1-13(2)16-11(12(9-15)17-13)8-14-10-6-4-3-5-7-10/h10-12,14-15H,3-9H2,1-2H3/t11-,12-/m0/s1. The van der Waals surface area contributed by atoms with E-state index in [1.54, 1.807) is 0 Å². The van der Waals surface area contributed by atoms with E-state index in [2.05, 4.69) is 5.32 Å². The first-order chi connectivity index (χ1) is 8.11. The monoisotopic (exact) mass is 243 g/mol. The number of ether oxygens (including phenoxy) is 2. The van der Waals surface area contributed by atoms with Crippen LogP contribution in [0.15, 0.2) is 0 Å². The van der Waals surface area contributed by atoms with E-state index >= 15 is 0 Å². The molecular formula is C13H25NO3. The van der Waals surface area contributed by atoms with E-state index < -0.39 is 5.79 Å². The molecule has 1 heterocycles. The molecule has 1 aliphatic carbocycles. The van der Waals surface area contributed by atoms with Crippen LogP contribution in [0.3, 0.4) is 0 Å². The molecule has 4 nitrogen and oxygen atoms in total. The summed E-state index contributed by atoms with van der Waals surface area (Å²) in [4.78, 5) is 0. The first-order valence-electron chi connectivity index (χ1n) is 6.80. The summed E-state index contributed by atoms with van der Waals surface area (Å²) in [5.74, 6) is -0.563. The molecule has 0 aromatic rings. The first kappa shape index (κ1) is 13.3. The lowest BCUT2D eigenvalue weighted by molar-refractivity contribution is -0.148. The lowest BCUT2D eigenvalue weighted by Crippen LogP contribution is -2.41. The fraction of sp³-hybridized carbons (Fsp3) is 1.00. The van der Waals surface area contributed by atoms with Gasteiger partial charge >= 0.3 is 0 Å². The lowest BCUT2D eigenvalue weighted by Gasteiger charge is -2.25. The molecule has 17 heavy (non-hydrogen) atoms. The SMILES string of the molecule is CC1(C)O[C@@H](CO)[C@H](CNC2CCCCC2)O1. The molecule has 0 bridgehead atoms. The molecule has 2 rings (SSSR count). The minimum Gasteiger partial charge on any atom is -0.394 e. The molecule has 1 saturated heterocycles. The summed E-state index contributed by atoms with van der Waals surface area (Å²) in [5.41, 5.74) is 0. The van der Waals surface area contributed by atoms with Crippen LogP contribution in [0.25, 0.3) is 0 Å². The van der Waals surface area contributed by atoms with Gasteiger partial charge in [-0.25, -0.2) is 0 Å². The second kappa shape index (κ2) is 5.65. The second-order valence-corrected chi connectivity index (χ2v) is 5.64. The lowest BCUT2D eigenvalue weighted by atomic mass is 9.95. The molecule has 0 amide bonds. The van der Waals surface area contributed by atoms with Crippen LogP contribution in [0, 0.1) is 0 Å². The summed E-state index contributed by atoms with van der Waals surface area (Å²) >= 11 is 0. The summed E-state index contributed by atoms with van der Waals surface area (Å²) in [6.07, 6.45) is 6.33. The van der Waals surface area contributed by atoms with E-state index in [0.29, 0.717) is 6.04 Å². The van der Waals surface area contributed by atoms with E-state index in [0.717, 1.165) is 6.54 Å². The minimum atomic E-state index is -0.563. The molecule has 2 fully saturated rings. The Hall–Kier alpha value is -0.160. The van der Waals surface area contributed by atoms with Crippen molar-refractivity contribution in [2.75, 3.05) is 13.2 Å². The quantitative estimate of drug-likeness (QED) is 0.784. The van der Waals surface area contributed by atoms with Gasteiger partial charge in [0.05, 0.1) is 6.61 Å². The Kier molecular flexibility index (Phi) is 4.42. The highest BCUT2D eigenvalue weighted by Crippen LogP contribution is 2.28. The average molecular weight is 243 g/mol. The molecule has 0 radical (unpaired) electrons. The fourth-order valence-corrected chi connectivity index (χ4v) is 2.83. The van der Waals surface area contributed by atoms with Crippen LogP contribution in [0.2, 0.25) is 0 Å². The number of rotatable bonds is 4. The van der Waals surface area contributed by atoms with Gasteiger partial charge in [-0.3, -0.25) is 0 Å². The van der Waals surface area contributed by atoms with Crippen LogP contribution in [0.5, 0.6) is 0 Å². The molecule has 0 spiro atoms. The number of hydrogen-bond donors (Lipinski definition) is 2. The molecule has 1 saturated carbocycles. The van der Waals surface area contributed by atoms with Gasteiger partial charge in [0.2, 0.25) is 0 Å². The average Bonchev–Trinajstić information content (AvgIpc) is 2.63. The van der Waals surface area contributed by atoms with Gasteiger partial charge < -0.3 is 19.9 Å². The molecule has 4 heteroatoms. The van der Waals surface area contributed by atoms with Crippen molar-refractivity contribution in [3.8, 4) is 0 Å². The highest BCUT2D eigenvalue weighted by Gasteiger charge is 2.40. The van der Waals surface area contributed by atoms with Crippen molar-refractivity contribution >= 4 is 0 Å². The molecule has 0 aromatic heterocycles. The predicted molar refractivity (Wildman–Crippen MR) is 65.8 cm³/mol. The van der Waals surface area contributed by atoms with Crippen molar-refractivity contribution < 1.29 is 14.6 Å². The third-order valence-corrected chi connectivity index (χ3v) is 3.68. The van der Waals surface area contributed by atoms with Crippen molar-refractivity contribution in [3.63, 3.8) is 0 Å². The number of nitrogens with one attached hydrogen (secondary N) is 1. The van der Waals surface area contributed by atoms with E-state index in [1.165, 1.54) is 32.1 Å². The normalized spacial score (nSPS) is 34.1. The maximum Gasteiger partial charge on any atom is 0.163 e. The maximum absolute atomic E-state index is 9.27. The van der Waals surface area contributed by atoms with E-state index in [9.17, 15) is 5.11 Å². The first-order valence-corrected chi connectivity index (χ1v) is 6.80. The Morgan fingerprint density at radius 1 is 1.12 bits per heavy atom. The van der Waals surface area contributed by atoms with Crippen molar-refractivity contribution in [2.45, 2.75) is 70.0 Å². The zero-order valence-electron chi connectivity index (χ0n) is 10.9. The molecule has 2 aliphatic rings. The van der Waals surface area contributed by atoms with Crippen molar-refractivity contribution in [3.05, 3.63) is 0 Å². The fourth-order valence-electron chi connectivity index (χ4n) is 2.83. The van der Waals surface area contributed by atoms with E-state index in [4.69, 9.17) is 9.47 Å². The van der Waals surface area contributed by atoms with Gasteiger partial charge in [-0.1, -0.05) is 19.3 Å². The van der Waals surface area contributed by atoms with E-state index in [1.807, 2.05) is 13.8 Å². The van der Waals surface area contributed by atoms with Crippen LogP contribution < -0.4 is 5.32 Å². The van der Waals surface area contributed by atoms with Gasteiger partial charge in [0.1, 0.15) is 12.2 Å². The Morgan fingerprint density at radius 2 is 1.76 bits per heavy atom. The van der Waals surface area contributed by atoms with Gasteiger partial charge in [0.25, 0.3) is 0 Å². The van der Waals surface area contributed by atoms with Crippen LogP contribution in [-0.4, -0.2) is 42.3 Å². The number of aliphatic hydroxyl groups excluding tert-OH is 1. The Bertz CT molecular complexity index is 239. The van der Waals surface area contributed by atoms with Gasteiger partial charge in [0, 0.05) is 12.6 Å². The van der Waals surface area contributed by atoms with Gasteiger partial charge in [0.15, 0.2) is 5.79 Å². The number of aliphatic hydroxyl groups is 1. The highest BCUT2D eigenvalue weighted by molar-refractivity contribution is 4.84. The molecular weight excluding hydrogens is 218 g/mol. The topological polar surface area (TPSA) is 50.7 Å². The molecule has 2 N–H and O–H groups in total. The summed E-state index contributed by atoms with van der Waals surface area (Å²) in [6.45, 7) is 4.60. The zero-order chi connectivity index (χ0) is 12.3. The van der Waals surface area contributed by atoms with Crippen LogP contribution in [-0.2, 0) is 9.47 Å². The minimum absolute atomic E-state index is 0.0282. The highest BCUT2D eigenvalue weighted by atomic mass is 16.8. The summed E-state index contributed by atoms with van der Waals surface area (Å²) in [6, 6.07) is 0.621. The third kappa shape index (κ3) is 3.65. The van der Waals surface area contributed by atoms with Crippen LogP contribution in [0.1, 0.15) is 46.0 Å². The van der Waals surface area contributed by atoms with Gasteiger partial charge in [-0.05, 0) is 26.7 Å². The summed E-state index contributed by atoms with van der Waals surface area (Å²) in [7, 11) is 0. The predicted octanol–water partition coefficient (Wildman–Crippen LogP) is 1.42. The Labute approximate surface area is 104 Å². The number of hydrogen-bond acceptors (Lipinski definition) is 4. The Morgan fingerprint density at radius 3 is 2.41 bits per heavy atom.